The second-order valence-corrected chi connectivity index (χ2v) is 8.67. The number of carbonyl (C=O) groups excluding carboxylic acids is 2. The number of thioether (sulfide) groups is 1. The van der Waals surface area contributed by atoms with E-state index in [1.54, 1.807) is 12.1 Å². The van der Waals surface area contributed by atoms with Gasteiger partial charge in [-0.25, -0.2) is 0 Å². The fourth-order valence-electron chi connectivity index (χ4n) is 3.07. The lowest BCUT2D eigenvalue weighted by atomic mass is 10.1. The van der Waals surface area contributed by atoms with Gasteiger partial charge in [-0.3, -0.25) is 15.0 Å². The molecule has 3 aromatic rings. The number of hydrazine groups is 1. The molecule has 0 unspecified atom stereocenters. The van der Waals surface area contributed by atoms with Gasteiger partial charge < -0.3 is 4.42 Å². The first kappa shape index (κ1) is 22.8. The van der Waals surface area contributed by atoms with Gasteiger partial charge in [-0.05, 0) is 42.0 Å². The molecule has 0 radical (unpaired) electrons. The van der Waals surface area contributed by atoms with Crippen LogP contribution in [0.3, 0.4) is 0 Å². The predicted molar refractivity (Wildman–Crippen MR) is 122 cm³/mol. The Morgan fingerprint density at radius 3 is 2.58 bits per heavy atom. The molecular weight excluding hydrogens is 473 g/mol. The van der Waals surface area contributed by atoms with Gasteiger partial charge in [-0.1, -0.05) is 54.2 Å². The van der Waals surface area contributed by atoms with Crippen molar-refractivity contribution in [2.24, 2.45) is 0 Å². The average molecular weight is 489 g/mol. The summed E-state index contributed by atoms with van der Waals surface area (Å²) in [5.41, 5.74) is 2.75. The summed E-state index contributed by atoms with van der Waals surface area (Å²) >= 11 is 6.18. The van der Waals surface area contributed by atoms with Crippen molar-refractivity contribution in [3.05, 3.63) is 88.5 Å². The maximum absolute atomic E-state index is 13.0. The van der Waals surface area contributed by atoms with Gasteiger partial charge in [0.05, 0.1) is 16.9 Å². The standard InChI is InChI=1S/C23H15F3N2O3S2/c24-23(25,26)16-8-4-7-15(12-16)18-10-9-17(31-18)13-19-21(30)28(22(32)33-19)27-20(29)11-14-5-2-1-3-6-14/h1-10,12-13H,11H2,(H,27,29). The van der Waals surface area contributed by atoms with Crippen molar-refractivity contribution in [1.29, 1.82) is 0 Å². The number of alkyl halides is 3. The highest BCUT2D eigenvalue weighted by Gasteiger charge is 2.34. The van der Waals surface area contributed by atoms with Crippen LogP contribution in [0.15, 0.2) is 76.1 Å². The lowest BCUT2D eigenvalue weighted by molar-refractivity contribution is -0.137. The number of carbonyl (C=O) groups is 2. The number of furan rings is 1. The Labute approximate surface area is 196 Å². The minimum atomic E-state index is -4.47. The van der Waals surface area contributed by atoms with Crippen molar-refractivity contribution in [3.8, 4) is 11.3 Å². The van der Waals surface area contributed by atoms with Crippen LogP contribution in [-0.2, 0) is 22.2 Å². The first-order chi connectivity index (χ1) is 15.7. The molecule has 2 heterocycles. The Kier molecular flexibility index (Phi) is 6.39. The third-order valence-electron chi connectivity index (χ3n) is 4.61. The minimum absolute atomic E-state index is 0.0789. The molecule has 0 aliphatic carbocycles. The SMILES string of the molecule is O=C(Cc1ccccc1)NN1C(=O)C(=Cc2ccc(-c3cccc(C(F)(F)F)c3)o2)SC1=S. The Morgan fingerprint density at radius 2 is 1.85 bits per heavy atom. The quantitative estimate of drug-likeness (QED) is 0.383. The molecule has 0 saturated carbocycles. The molecule has 2 aromatic carbocycles. The largest absolute Gasteiger partial charge is 0.457 e. The van der Waals surface area contributed by atoms with Crippen LogP contribution in [0.2, 0.25) is 0 Å². The van der Waals surface area contributed by atoms with E-state index < -0.39 is 23.6 Å². The number of rotatable bonds is 5. The molecule has 2 amide bonds. The van der Waals surface area contributed by atoms with Gasteiger partial charge in [0, 0.05) is 11.6 Å². The molecule has 0 spiro atoms. The van der Waals surface area contributed by atoms with E-state index >= 15 is 0 Å². The summed E-state index contributed by atoms with van der Waals surface area (Å²) in [6, 6.07) is 16.9. The maximum Gasteiger partial charge on any atom is 0.416 e. The van der Waals surface area contributed by atoms with E-state index in [1.807, 2.05) is 18.2 Å². The third-order valence-corrected chi connectivity index (χ3v) is 5.91. The van der Waals surface area contributed by atoms with Crippen LogP contribution in [0, 0.1) is 0 Å². The zero-order valence-corrected chi connectivity index (χ0v) is 18.4. The van der Waals surface area contributed by atoms with Crippen LogP contribution in [0.5, 0.6) is 0 Å². The van der Waals surface area contributed by atoms with Gasteiger partial charge in [-0.15, -0.1) is 0 Å². The van der Waals surface area contributed by atoms with Gasteiger partial charge >= 0.3 is 6.18 Å². The van der Waals surface area contributed by atoms with Crippen LogP contribution < -0.4 is 5.43 Å². The molecule has 10 heteroatoms. The van der Waals surface area contributed by atoms with Gasteiger partial charge in [0.2, 0.25) is 5.91 Å². The van der Waals surface area contributed by atoms with E-state index in [9.17, 15) is 22.8 Å². The molecule has 4 rings (SSSR count). The predicted octanol–water partition coefficient (Wildman–Crippen LogP) is 5.44. The summed E-state index contributed by atoms with van der Waals surface area (Å²) in [5.74, 6) is -0.440. The van der Waals surface area contributed by atoms with Crippen LogP contribution in [0.25, 0.3) is 17.4 Å². The van der Waals surface area contributed by atoms with Gasteiger partial charge in [0.25, 0.3) is 5.91 Å². The van der Waals surface area contributed by atoms with Crippen molar-refractivity contribution in [3.63, 3.8) is 0 Å². The summed E-state index contributed by atoms with van der Waals surface area (Å²) in [7, 11) is 0. The molecule has 5 nitrogen and oxygen atoms in total. The van der Waals surface area contributed by atoms with E-state index in [0.717, 1.165) is 34.5 Å². The molecule has 1 saturated heterocycles. The van der Waals surface area contributed by atoms with Gasteiger partial charge in [0.1, 0.15) is 11.5 Å². The molecule has 1 fully saturated rings. The second kappa shape index (κ2) is 9.24. The maximum atomic E-state index is 13.0. The minimum Gasteiger partial charge on any atom is -0.457 e. The number of nitrogens with zero attached hydrogens (tertiary/aromatic N) is 1. The molecule has 1 aliphatic heterocycles. The third kappa shape index (κ3) is 5.35. The van der Waals surface area contributed by atoms with Gasteiger partial charge in [-0.2, -0.15) is 18.2 Å². The molecule has 0 bridgehead atoms. The van der Waals surface area contributed by atoms with E-state index in [2.05, 4.69) is 5.43 Å². The molecule has 1 aromatic heterocycles. The van der Waals surface area contributed by atoms with Crippen molar-refractivity contribution in [1.82, 2.24) is 10.4 Å². The number of thiocarbonyl (C=S) groups is 1. The highest BCUT2D eigenvalue weighted by Crippen LogP contribution is 2.34. The number of amides is 2. The normalized spacial score (nSPS) is 15.4. The Hall–Kier alpha value is -3.37. The Bertz CT molecular complexity index is 1250. The van der Waals surface area contributed by atoms with E-state index in [-0.39, 0.29) is 32.7 Å². The Balaban J connectivity index is 1.47. The fraction of sp³-hybridized carbons (Fsp3) is 0.0870. The number of nitrogens with one attached hydrogen (secondary N) is 1. The first-order valence-corrected chi connectivity index (χ1v) is 10.8. The molecule has 0 atom stereocenters. The van der Waals surface area contributed by atoms with E-state index in [0.29, 0.717) is 0 Å². The van der Waals surface area contributed by atoms with Crippen LogP contribution in [0.4, 0.5) is 13.2 Å². The van der Waals surface area contributed by atoms with E-state index in [4.69, 9.17) is 16.6 Å². The summed E-state index contributed by atoms with van der Waals surface area (Å²) < 4.78 is 44.7. The first-order valence-electron chi connectivity index (χ1n) is 9.59. The molecule has 1 aliphatic rings. The van der Waals surface area contributed by atoms with Crippen LogP contribution >= 0.6 is 24.0 Å². The van der Waals surface area contributed by atoms with Crippen molar-refractivity contribution in [2.75, 3.05) is 0 Å². The topological polar surface area (TPSA) is 62.6 Å². The monoisotopic (exact) mass is 488 g/mol. The molecule has 1 N–H and O–H groups in total. The lowest BCUT2D eigenvalue weighted by Gasteiger charge is -2.15. The zero-order valence-electron chi connectivity index (χ0n) is 16.8. The average Bonchev–Trinajstić information content (AvgIpc) is 3.34. The van der Waals surface area contributed by atoms with Crippen molar-refractivity contribution < 1.29 is 27.2 Å². The summed E-state index contributed by atoms with van der Waals surface area (Å²) in [5, 5.41) is 0.994. The van der Waals surface area contributed by atoms with E-state index in [1.165, 1.54) is 30.3 Å². The second-order valence-electron chi connectivity index (χ2n) is 7.00. The van der Waals surface area contributed by atoms with Crippen molar-refractivity contribution >= 4 is 46.2 Å². The zero-order chi connectivity index (χ0) is 23.6. The van der Waals surface area contributed by atoms with Crippen LogP contribution in [-0.4, -0.2) is 21.1 Å². The number of hydrogen-bond donors (Lipinski definition) is 1. The summed E-state index contributed by atoms with van der Waals surface area (Å²) in [4.78, 5) is 25.2. The molecular formula is C23H15F3N2O3S2. The summed E-state index contributed by atoms with van der Waals surface area (Å²) in [6.07, 6.45) is -2.96. The smallest absolute Gasteiger partial charge is 0.416 e. The number of halogens is 3. The number of hydrogen-bond acceptors (Lipinski definition) is 5. The Morgan fingerprint density at radius 1 is 1.09 bits per heavy atom. The highest BCUT2D eigenvalue weighted by molar-refractivity contribution is 8.26. The molecule has 168 valence electrons. The van der Waals surface area contributed by atoms with Crippen molar-refractivity contribution in [2.45, 2.75) is 12.6 Å². The van der Waals surface area contributed by atoms with Crippen LogP contribution in [0.1, 0.15) is 16.9 Å². The van der Waals surface area contributed by atoms with Gasteiger partial charge in [0.15, 0.2) is 4.32 Å². The lowest BCUT2D eigenvalue weighted by Crippen LogP contribution is -2.45. The number of benzene rings is 2. The molecule has 33 heavy (non-hydrogen) atoms. The fourth-order valence-corrected chi connectivity index (χ4v) is 4.23. The highest BCUT2D eigenvalue weighted by atomic mass is 32.2. The summed E-state index contributed by atoms with van der Waals surface area (Å²) in [6.45, 7) is 0.